The van der Waals surface area contributed by atoms with E-state index < -0.39 is 0 Å². The molecule has 0 saturated carbocycles. The van der Waals surface area contributed by atoms with Crippen molar-refractivity contribution in [2.45, 2.75) is 12.8 Å². The van der Waals surface area contributed by atoms with E-state index in [0.717, 1.165) is 28.8 Å². The second-order valence-electron chi connectivity index (χ2n) is 4.41. The fraction of sp³-hybridized carbons (Fsp3) is 0.125. The first kappa shape index (κ1) is 11.5. The molecular formula is C16H12N2O. The Bertz CT molecular complexity index is 681. The maximum atomic E-state index is 11.3. The van der Waals surface area contributed by atoms with Gasteiger partial charge in [0.25, 0.3) is 0 Å². The van der Waals surface area contributed by atoms with E-state index in [1.165, 1.54) is 0 Å². The Balaban J connectivity index is 1.88. The minimum absolute atomic E-state index is 0.0849. The van der Waals surface area contributed by atoms with Crippen LogP contribution in [0.4, 0.5) is 5.69 Å². The number of carbonyl (C=O) groups excluding carboxylic acids is 1. The largest absolute Gasteiger partial charge is 0.326 e. The van der Waals surface area contributed by atoms with Crippen molar-refractivity contribution in [2.24, 2.45) is 0 Å². The topological polar surface area (TPSA) is 42.0 Å². The maximum Gasteiger partial charge on any atom is 0.224 e. The molecule has 0 saturated heterocycles. The van der Waals surface area contributed by atoms with Crippen LogP contribution < -0.4 is 5.32 Å². The molecule has 0 bridgehead atoms. The first-order valence-electron chi connectivity index (χ1n) is 6.16. The van der Waals surface area contributed by atoms with Crippen LogP contribution in [-0.2, 0) is 11.2 Å². The monoisotopic (exact) mass is 248 g/mol. The van der Waals surface area contributed by atoms with Crippen molar-refractivity contribution in [2.75, 3.05) is 5.32 Å². The van der Waals surface area contributed by atoms with Crippen LogP contribution >= 0.6 is 0 Å². The number of benzene rings is 1. The van der Waals surface area contributed by atoms with Gasteiger partial charge in [-0.05, 0) is 42.3 Å². The van der Waals surface area contributed by atoms with Gasteiger partial charge < -0.3 is 5.32 Å². The third-order valence-electron chi connectivity index (χ3n) is 3.01. The number of hydrogen-bond donors (Lipinski definition) is 1. The van der Waals surface area contributed by atoms with Gasteiger partial charge in [-0.1, -0.05) is 11.8 Å². The molecule has 3 heteroatoms. The summed E-state index contributed by atoms with van der Waals surface area (Å²) in [5.74, 6) is 6.28. The van der Waals surface area contributed by atoms with E-state index in [-0.39, 0.29) is 5.91 Å². The predicted molar refractivity (Wildman–Crippen MR) is 73.6 cm³/mol. The zero-order valence-corrected chi connectivity index (χ0v) is 10.3. The molecular weight excluding hydrogens is 236 g/mol. The standard InChI is InChI=1S/C16H12N2O/c19-16-8-6-14-10-12(5-7-15(14)18-16)3-4-13-2-1-9-17-11-13/h1-2,5,7,9-11H,6,8H2,(H,18,19). The normalized spacial score (nSPS) is 12.9. The quantitative estimate of drug-likeness (QED) is 0.727. The number of pyridine rings is 1. The van der Waals surface area contributed by atoms with Crippen molar-refractivity contribution in [1.82, 2.24) is 4.98 Å². The third-order valence-corrected chi connectivity index (χ3v) is 3.01. The molecule has 3 rings (SSSR count). The molecule has 0 radical (unpaired) electrons. The van der Waals surface area contributed by atoms with E-state index in [0.29, 0.717) is 6.42 Å². The summed E-state index contributed by atoms with van der Waals surface area (Å²) in [5.41, 5.74) is 3.91. The lowest BCUT2D eigenvalue weighted by atomic mass is 10.0. The Morgan fingerprint density at radius 1 is 1.11 bits per heavy atom. The zero-order valence-electron chi connectivity index (χ0n) is 10.3. The van der Waals surface area contributed by atoms with Gasteiger partial charge in [-0.15, -0.1) is 0 Å². The number of amides is 1. The van der Waals surface area contributed by atoms with Gasteiger partial charge in [0.1, 0.15) is 0 Å². The van der Waals surface area contributed by atoms with Gasteiger partial charge in [-0.3, -0.25) is 9.78 Å². The fourth-order valence-corrected chi connectivity index (χ4v) is 2.04. The number of carbonyl (C=O) groups is 1. The molecule has 0 spiro atoms. The van der Waals surface area contributed by atoms with Gasteiger partial charge in [-0.2, -0.15) is 0 Å². The van der Waals surface area contributed by atoms with Crippen LogP contribution in [0.5, 0.6) is 0 Å². The Kier molecular flexibility index (Phi) is 2.99. The molecule has 0 unspecified atom stereocenters. The summed E-state index contributed by atoms with van der Waals surface area (Å²) in [6, 6.07) is 9.68. The molecule has 1 aliphatic heterocycles. The Labute approximate surface area is 111 Å². The number of anilines is 1. The van der Waals surface area contributed by atoms with Crippen LogP contribution in [0.2, 0.25) is 0 Å². The molecule has 92 valence electrons. The van der Waals surface area contributed by atoms with E-state index in [1.54, 1.807) is 12.4 Å². The van der Waals surface area contributed by atoms with Crippen molar-refractivity contribution in [3.05, 3.63) is 59.4 Å². The van der Waals surface area contributed by atoms with Crippen LogP contribution in [-0.4, -0.2) is 10.9 Å². The molecule has 3 nitrogen and oxygen atoms in total. The molecule has 1 amide bonds. The number of aryl methyl sites for hydroxylation is 1. The number of rotatable bonds is 0. The van der Waals surface area contributed by atoms with Gasteiger partial charge in [0.15, 0.2) is 0 Å². The molecule has 2 heterocycles. The van der Waals surface area contributed by atoms with Crippen LogP contribution in [0.25, 0.3) is 0 Å². The number of aromatic nitrogens is 1. The highest BCUT2D eigenvalue weighted by molar-refractivity contribution is 5.94. The van der Waals surface area contributed by atoms with Crippen molar-refractivity contribution in [1.29, 1.82) is 0 Å². The molecule has 0 atom stereocenters. The Morgan fingerprint density at radius 3 is 2.84 bits per heavy atom. The van der Waals surface area contributed by atoms with Gasteiger partial charge in [0, 0.05) is 35.6 Å². The minimum atomic E-state index is 0.0849. The first-order valence-corrected chi connectivity index (χ1v) is 6.16. The molecule has 1 aliphatic rings. The lowest BCUT2D eigenvalue weighted by molar-refractivity contribution is -0.116. The molecule has 1 N–H and O–H groups in total. The van der Waals surface area contributed by atoms with Crippen LogP contribution in [0.15, 0.2) is 42.7 Å². The van der Waals surface area contributed by atoms with Crippen LogP contribution in [0.1, 0.15) is 23.1 Å². The highest BCUT2D eigenvalue weighted by Crippen LogP contribution is 2.23. The van der Waals surface area contributed by atoms with E-state index in [1.807, 2.05) is 30.3 Å². The Hall–Kier alpha value is -2.60. The second kappa shape index (κ2) is 4.95. The summed E-state index contributed by atoms with van der Waals surface area (Å²) in [7, 11) is 0. The van der Waals surface area contributed by atoms with Gasteiger partial charge in [0.05, 0.1) is 0 Å². The average molecular weight is 248 g/mol. The highest BCUT2D eigenvalue weighted by atomic mass is 16.1. The second-order valence-corrected chi connectivity index (χ2v) is 4.41. The molecule has 19 heavy (non-hydrogen) atoms. The minimum Gasteiger partial charge on any atom is -0.326 e. The van der Waals surface area contributed by atoms with Gasteiger partial charge in [-0.25, -0.2) is 0 Å². The lowest BCUT2D eigenvalue weighted by Crippen LogP contribution is -2.18. The van der Waals surface area contributed by atoms with E-state index >= 15 is 0 Å². The molecule has 1 aromatic carbocycles. The summed E-state index contributed by atoms with van der Waals surface area (Å²) in [5, 5.41) is 2.86. The summed E-state index contributed by atoms with van der Waals surface area (Å²) in [4.78, 5) is 15.3. The number of nitrogens with one attached hydrogen (secondary N) is 1. The lowest BCUT2D eigenvalue weighted by Gasteiger charge is -2.16. The van der Waals surface area contributed by atoms with Crippen molar-refractivity contribution < 1.29 is 4.79 Å². The van der Waals surface area contributed by atoms with E-state index in [4.69, 9.17) is 0 Å². The maximum absolute atomic E-state index is 11.3. The number of fused-ring (bicyclic) bond motifs is 1. The van der Waals surface area contributed by atoms with Crippen molar-refractivity contribution >= 4 is 11.6 Å². The SMILES string of the molecule is O=C1CCc2cc(C#Cc3cccnc3)ccc2N1. The predicted octanol–water partition coefficient (Wildman–Crippen LogP) is 2.37. The summed E-state index contributed by atoms with van der Waals surface area (Å²) in [6.07, 6.45) is 4.80. The van der Waals surface area contributed by atoms with Crippen LogP contribution in [0, 0.1) is 11.8 Å². The number of hydrogen-bond acceptors (Lipinski definition) is 2. The van der Waals surface area contributed by atoms with Gasteiger partial charge >= 0.3 is 0 Å². The first-order chi connectivity index (χ1) is 9.31. The molecule has 0 fully saturated rings. The fourth-order valence-electron chi connectivity index (χ4n) is 2.04. The molecule has 1 aromatic heterocycles. The third kappa shape index (κ3) is 2.63. The highest BCUT2D eigenvalue weighted by Gasteiger charge is 2.14. The summed E-state index contributed by atoms with van der Waals surface area (Å²) < 4.78 is 0. The van der Waals surface area contributed by atoms with Gasteiger partial charge in [0.2, 0.25) is 5.91 Å². The Morgan fingerprint density at radius 2 is 2.00 bits per heavy atom. The number of nitrogens with zero attached hydrogens (tertiary/aromatic N) is 1. The summed E-state index contributed by atoms with van der Waals surface area (Å²) >= 11 is 0. The summed E-state index contributed by atoms with van der Waals surface area (Å²) in [6.45, 7) is 0. The molecule has 0 aliphatic carbocycles. The average Bonchev–Trinajstić information content (AvgIpc) is 2.46. The van der Waals surface area contributed by atoms with Crippen molar-refractivity contribution in [3.8, 4) is 11.8 Å². The van der Waals surface area contributed by atoms with Crippen molar-refractivity contribution in [3.63, 3.8) is 0 Å². The smallest absolute Gasteiger partial charge is 0.224 e. The zero-order chi connectivity index (χ0) is 13.1. The molecule has 2 aromatic rings. The van der Waals surface area contributed by atoms with E-state index in [9.17, 15) is 4.79 Å². The van der Waals surface area contributed by atoms with E-state index in [2.05, 4.69) is 22.1 Å². The van der Waals surface area contributed by atoms with Crippen LogP contribution in [0.3, 0.4) is 0 Å².